The van der Waals surface area contributed by atoms with Crippen LogP contribution >= 0.6 is 11.6 Å². The summed E-state index contributed by atoms with van der Waals surface area (Å²) in [5.74, 6) is 0. The highest BCUT2D eigenvalue weighted by molar-refractivity contribution is 7.87. The van der Waals surface area contributed by atoms with Gasteiger partial charge in [-0.3, -0.25) is 0 Å². The number of nitrogen functional groups attached to an aromatic ring is 1. The van der Waals surface area contributed by atoms with E-state index in [4.69, 9.17) is 17.3 Å². The van der Waals surface area contributed by atoms with Gasteiger partial charge in [0.2, 0.25) is 0 Å². The molecule has 0 radical (unpaired) electrons. The lowest BCUT2D eigenvalue weighted by Crippen LogP contribution is -2.41. The fraction of sp³-hybridized carbons (Fsp3) is 0.300. The Morgan fingerprint density at radius 3 is 2.74 bits per heavy atom. The Bertz CT molecular complexity index is 576. The Labute approximate surface area is 116 Å². The molecule has 106 valence electrons. The first-order valence-corrected chi connectivity index (χ1v) is 6.94. The standard InChI is InChI=1S/C10H14ClN3O4S/c1-14(19(16,17)13-10(15)18-2)6-7-5-8(12)3-4-9(7)11/h3-5H,6,12H2,1-2H3,(H,13,15). The highest BCUT2D eigenvalue weighted by Crippen LogP contribution is 2.20. The predicted octanol–water partition coefficient (Wildman–Crippen LogP) is 0.955. The number of nitrogens with one attached hydrogen (secondary N) is 1. The number of hydrogen-bond donors (Lipinski definition) is 2. The van der Waals surface area contributed by atoms with Crippen molar-refractivity contribution in [2.75, 3.05) is 19.9 Å². The van der Waals surface area contributed by atoms with E-state index in [1.54, 1.807) is 22.9 Å². The molecule has 7 nitrogen and oxygen atoms in total. The lowest BCUT2D eigenvalue weighted by Gasteiger charge is -2.17. The van der Waals surface area contributed by atoms with Gasteiger partial charge in [-0.05, 0) is 23.8 Å². The van der Waals surface area contributed by atoms with Gasteiger partial charge in [-0.2, -0.15) is 12.7 Å². The van der Waals surface area contributed by atoms with Crippen LogP contribution in [-0.2, 0) is 21.5 Å². The van der Waals surface area contributed by atoms with E-state index in [-0.39, 0.29) is 6.54 Å². The van der Waals surface area contributed by atoms with Gasteiger partial charge in [0.05, 0.1) is 7.11 Å². The first-order chi connectivity index (χ1) is 8.76. The Balaban J connectivity index is 2.87. The van der Waals surface area contributed by atoms with Gasteiger partial charge in [0.1, 0.15) is 0 Å². The summed E-state index contributed by atoms with van der Waals surface area (Å²) in [6.45, 7) is -0.0315. The molecule has 0 bridgehead atoms. The number of anilines is 1. The number of methoxy groups -OCH3 is 1. The highest BCUT2D eigenvalue weighted by atomic mass is 35.5. The molecule has 0 heterocycles. The van der Waals surface area contributed by atoms with Gasteiger partial charge >= 0.3 is 16.3 Å². The van der Waals surface area contributed by atoms with Crippen LogP contribution in [0.2, 0.25) is 5.02 Å². The van der Waals surface area contributed by atoms with E-state index in [0.717, 1.165) is 11.4 Å². The van der Waals surface area contributed by atoms with Crippen LogP contribution in [0.5, 0.6) is 0 Å². The highest BCUT2D eigenvalue weighted by Gasteiger charge is 2.21. The molecule has 9 heteroatoms. The molecular weight excluding hydrogens is 294 g/mol. The summed E-state index contributed by atoms with van der Waals surface area (Å²) >= 11 is 5.93. The summed E-state index contributed by atoms with van der Waals surface area (Å²) < 4.78 is 30.4. The van der Waals surface area contributed by atoms with Gasteiger partial charge in [-0.1, -0.05) is 11.6 Å². The second kappa shape index (κ2) is 6.09. The van der Waals surface area contributed by atoms with Crippen molar-refractivity contribution in [1.29, 1.82) is 0 Å². The van der Waals surface area contributed by atoms with Gasteiger partial charge in [-0.15, -0.1) is 0 Å². The third-order valence-electron chi connectivity index (χ3n) is 2.27. The van der Waals surface area contributed by atoms with Gasteiger partial charge < -0.3 is 10.5 Å². The van der Waals surface area contributed by atoms with E-state index in [2.05, 4.69) is 4.74 Å². The summed E-state index contributed by atoms with van der Waals surface area (Å²) in [5, 5.41) is 0.384. The molecule has 1 aromatic rings. The smallest absolute Gasteiger partial charge is 0.421 e. The van der Waals surface area contributed by atoms with Gasteiger partial charge in [0.25, 0.3) is 0 Å². The quantitative estimate of drug-likeness (QED) is 0.807. The molecule has 0 saturated carbocycles. The minimum absolute atomic E-state index is 0.0315. The van der Waals surface area contributed by atoms with Crippen molar-refractivity contribution in [2.45, 2.75) is 6.54 Å². The maximum atomic E-state index is 11.7. The first-order valence-electron chi connectivity index (χ1n) is 5.12. The van der Waals surface area contributed by atoms with Gasteiger partial charge in [-0.25, -0.2) is 9.52 Å². The molecule has 0 aliphatic heterocycles. The zero-order chi connectivity index (χ0) is 14.6. The van der Waals surface area contributed by atoms with Crippen molar-refractivity contribution in [3.8, 4) is 0 Å². The Kier molecular flexibility index (Phi) is 4.98. The number of amides is 1. The summed E-state index contributed by atoms with van der Waals surface area (Å²) in [6, 6.07) is 4.74. The van der Waals surface area contributed by atoms with Crippen molar-refractivity contribution in [3.63, 3.8) is 0 Å². The second-order valence-corrected chi connectivity index (χ2v) is 5.89. The summed E-state index contributed by atoms with van der Waals surface area (Å²) in [5.41, 5.74) is 6.59. The van der Waals surface area contributed by atoms with Crippen molar-refractivity contribution in [1.82, 2.24) is 9.03 Å². The number of nitrogens with zero attached hydrogens (tertiary/aromatic N) is 1. The second-order valence-electron chi connectivity index (χ2n) is 3.71. The number of rotatable bonds is 4. The maximum Gasteiger partial charge on any atom is 0.421 e. The van der Waals surface area contributed by atoms with E-state index in [1.165, 1.54) is 7.05 Å². The van der Waals surface area contributed by atoms with Crippen molar-refractivity contribution >= 4 is 33.6 Å². The van der Waals surface area contributed by atoms with Crippen LogP contribution in [0.3, 0.4) is 0 Å². The van der Waals surface area contributed by atoms with E-state index in [1.807, 2.05) is 0 Å². The molecule has 1 aromatic carbocycles. The van der Waals surface area contributed by atoms with E-state index in [0.29, 0.717) is 16.3 Å². The molecule has 0 aliphatic rings. The van der Waals surface area contributed by atoms with Crippen LogP contribution in [0.1, 0.15) is 5.56 Å². The Hall–Kier alpha value is -1.51. The number of halogens is 1. The van der Waals surface area contributed by atoms with Crippen LogP contribution < -0.4 is 10.5 Å². The van der Waals surface area contributed by atoms with E-state index >= 15 is 0 Å². The van der Waals surface area contributed by atoms with Crippen LogP contribution in [0.4, 0.5) is 10.5 Å². The molecular formula is C10H14ClN3O4S. The normalized spacial score (nSPS) is 11.4. The van der Waals surface area contributed by atoms with E-state index < -0.39 is 16.3 Å². The molecule has 0 aromatic heterocycles. The molecule has 0 fully saturated rings. The minimum atomic E-state index is -3.99. The largest absolute Gasteiger partial charge is 0.452 e. The van der Waals surface area contributed by atoms with Crippen molar-refractivity contribution < 1.29 is 17.9 Å². The topological polar surface area (TPSA) is 102 Å². The number of hydrogen-bond acceptors (Lipinski definition) is 5. The van der Waals surface area contributed by atoms with Crippen LogP contribution in [0.25, 0.3) is 0 Å². The SMILES string of the molecule is COC(=O)NS(=O)(=O)N(C)Cc1cc(N)ccc1Cl. The van der Waals surface area contributed by atoms with Crippen LogP contribution in [0.15, 0.2) is 18.2 Å². The van der Waals surface area contributed by atoms with Gasteiger partial charge in [0.15, 0.2) is 0 Å². The minimum Gasteiger partial charge on any atom is -0.452 e. The zero-order valence-electron chi connectivity index (χ0n) is 10.4. The fourth-order valence-corrected chi connectivity index (χ4v) is 2.20. The first kappa shape index (κ1) is 15.5. The maximum absolute atomic E-state index is 11.7. The van der Waals surface area contributed by atoms with Gasteiger partial charge in [0, 0.05) is 24.3 Å². The Morgan fingerprint density at radius 1 is 1.53 bits per heavy atom. The number of nitrogens with two attached hydrogens (primary N) is 1. The number of benzene rings is 1. The number of carbonyl (C=O) groups is 1. The lowest BCUT2D eigenvalue weighted by atomic mass is 10.2. The molecule has 3 N–H and O–H groups in total. The average Bonchev–Trinajstić information content (AvgIpc) is 2.33. The number of ether oxygens (including phenoxy) is 1. The summed E-state index contributed by atoms with van der Waals surface area (Å²) in [7, 11) is -1.62. The molecule has 19 heavy (non-hydrogen) atoms. The lowest BCUT2D eigenvalue weighted by molar-refractivity contribution is 0.177. The fourth-order valence-electron chi connectivity index (χ4n) is 1.27. The van der Waals surface area contributed by atoms with E-state index in [9.17, 15) is 13.2 Å². The third-order valence-corrected chi connectivity index (χ3v) is 4.01. The van der Waals surface area contributed by atoms with Crippen molar-refractivity contribution in [2.24, 2.45) is 0 Å². The predicted molar refractivity (Wildman–Crippen MR) is 71.8 cm³/mol. The third kappa shape index (κ3) is 4.27. The van der Waals surface area contributed by atoms with Crippen LogP contribution in [-0.4, -0.2) is 33.0 Å². The monoisotopic (exact) mass is 307 g/mol. The molecule has 0 unspecified atom stereocenters. The summed E-state index contributed by atoms with van der Waals surface area (Å²) in [4.78, 5) is 10.9. The number of carbonyl (C=O) groups excluding carboxylic acids is 1. The van der Waals surface area contributed by atoms with Crippen LogP contribution in [0, 0.1) is 0 Å². The Morgan fingerprint density at radius 2 is 2.16 bits per heavy atom. The molecule has 1 rings (SSSR count). The molecule has 0 atom stereocenters. The molecule has 0 spiro atoms. The molecule has 1 amide bonds. The molecule has 0 saturated heterocycles. The molecule has 0 aliphatic carbocycles. The zero-order valence-corrected chi connectivity index (χ0v) is 12.0. The average molecular weight is 308 g/mol. The van der Waals surface area contributed by atoms with Crippen molar-refractivity contribution in [3.05, 3.63) is 28.8 Å². The summed E-state index contributed by atoms with van der Waals surface area (Å²) in [6.07, 6.45) is -1.06.